The molecule has 1 fully saturated rings. The minimum absolute atomic E-state index is 0.0238. The molecule has 1 heterocycles. The summed E-state index contributed by atoms with van der Waals surface area (Å²) in [7, 11) is 1.92. The largest absolute Gasteiger partial charge is 0.376 e. The van der Waals surface area contributed by atoms with Crippen molar-refractivity contribution in [2.75, 3.05) is 6.61 Å². The van der Waals surface area contributed by atoms with Crippen LogP contribution in [0.3, 0.4) is 0 Å². The lowest BCUT2D eigenvalue weighted by atomic mass is 10.0. The molecule has 0 bridgehead atoms. The highest BCUT2D eigenvalue weighted by Gasteiger charge is 2.39. The maximum atomic E-state index is 5.85. The molecule has 0 spiro atoms. The number of ether oxygens (including phenoxy) is 1. The number of nitrogens with two attached hydrogens (primary N) is 1. The molecule has 1 saturated carbocycles. The summed E-state index contributed by atoms with van der Waals surface area (Å²) in [5.41, 5.74) is 3.92. The minimum atomic E-state index is -0.0238. The van der Waals surface area contributed by atoms with Crippen LogP contribution in [0.5, 0.6) is 0 Å². The quantitative estimate of drug-likeness (QED) is 0.617. The second kappa shape index (κ2) is 5.48. The lowest BCUT2D eigenvalue weighted by Gasteiger charge is -2.27. The van der Waals surface area contributed by atoms with Crippen LogP contribution in [0.15, 0.2) is 10.7 Å². The standard InChI is InChI=1S/C11H19BrN4O/c1-3-17-11(7-4-5-7)9(15-13)10-8(12)6-14-16(10)2/h6-7,9,11,15H,3-5,13H2,1-2H3. The van der Waals surface area contributed by atoms with Gasteiger partial charge < -0.3 is 4.74 Å². The van der Waals surface area contributed by atoms with Crippen LogP contribution >= 0.6 is 15.9 Å². The molecule has 1 aliphatic carbocycles. The summed E-state index contributed by atoms with van der Waals surface area (Å²) < 4.78 is 8.65. The maximum absolute atomic E-state index is 5.85. The molecule has 3 N–H and O–H groups in total. The van der Waals surface area contributed by atoms with Gasteiger partial charge in [-0.05, 0) is 41.6 Å². The summed E-state index contributed by atoms with van der Waals surface area (Å²) in [6, 6.07) is -0.0238. The van der Waals surface area contributed by atoms with E-state index in [4.69, 9.17) is 10.6 Å². The zero-order valence-corrected chi connectivity index (χ0v) is 11.8. The van der Waals surface area contributed by atoms with Crippen LogP contribution in [-0.4, -0.2) is 22.5 Å². The van der Waals surface area contributed by atoms with Gasteiger partial charge in [-0.25, -0.2) is 5.43 Å². The predicted octanol–water partition coefficient (Wildman–Crippen LogP) is 1.50. The summed E-state index contributed by atoms with van der Waals surface area (Å²) in [6.45, 7) is 2.72. The number of hydrogen-bond acceptors (Lipinski definition) is 4. The van der Waals surface area contributed by atoms with Gasteiger partial charge in [0.2, 0.25) is 0 Å². The molecular weight excluding hydrogens is 284 g/mol. The van der Waals surface area contributed by atoms with E-state index in [1.54, 1.807) is 6.20 Å². The van der Waals surface area contributed by atoms with E-state index in [9.17, 15) is 0 Å². The van der Waals surface area contributed by atoms with Gasteiger partial charge in [0.05, 0.1) is 28.5 Å². The van der Waals surface area contributed by atoms with Crippen LogP contribution in [0.2, 0.25) is 0 Å². The molecule has 1 aromatic rings. The lowest BCUT2D eigenvalue weighted by molar-refractivity contribution is 0.0164. The van der Waals surface area contributed by atoms with Crippen molar-refractivity contribution in [3.8, 4) is 0 Å². The number of halogens is 1. The van der Waals surface area contributed by atoms with Crippen molar-refractivity contribution in [1.29, 1.82) is 0 Å². The fraction of sp³-hybridized carbons (Fsp3) is 0.727. The van der Waals surface area contributed by atoms with E-state index in [-0.39, 0.29) is 12.1 Å². The van der Waals surface area contributed by atoms with Crippen molar-refractivity contribution in [2.24, 2.45) is 18.8 Å². The smallest absolute Gasteiger partial charge is 0.0904 e. The normalized spacial score (nSPS) is 19.3. The third-order valence-corrected chi connectivity index (χ3v) is 3.80. The molecule has 0 aliphatic heterocycles. The van der Waals surface area contributed by atoms with Gasteiger partial charge in [0.25, 0.3) is 0 Å². The SMILES string of the molecule is CCOC(C1CC1)C(NN)c1c(Br)cnn1C. The van der Waals surface area contributed by atoms with Crippen molar-refractivity contribution in [2.45, 2.75) is 31.9 Å². The number of nitrogens with one attached hydrogen (secondary N) is 1. The van der Waals surface area contributed by atoms with E-state index in [1.807, 2.05) is 18.7 Å². The second-order valence-corrected chi connectivity index (χ2v) is 5.26. The number of aromatic nitrogens is 2. The number of aryl methyl sites for hydroxylation is 1. The molecule has 2 rings (SSSR count). The van der Waals surface area contributed by atoms with E-state index < -0.39 is 0 Å². The predicted molar refractivity (Wildman–Crippen MR) is 69.1 cm³/mol. The van der Waals surface area contributed by atoms with Gasteiger partial charge in [0.15, 0.2) is 0 Å². The Bertz CT molecular complexity index is 358. The highest BCUT2D eigenvalue weighted by Crippen LogP contribution is 2.40. The van der Waals surface area contributed by atoms with E-state index in [1.165, 1.54) is 12.8 Å². The van der Waals surface area contributed by atoms with E-state index in [0.29, 0.717) is 12.5 Å². The van der Waals surface area contributed by atoms with Crippen molar-refractivity contribution in [1.82, 2.24) is 15.2 Å². The average Bonchev–Trinajstić information content (AvgIpc) is 3.09. The van der Waals surface area contributed by atoms with Crippen LogP contribution in [0, 0.1) is 5.92 Å². The molecular formula is C11H19BrN4O. The highest BCUT2D eigenvalue weighted by atomic mass is 79.9. The van der Waals surface area contributed by atoms with Crippen molar-refractivity contribution in [3.05, 3.63) is 16.4 Å². The Balaban J connectivity index is 2.24. The maximum Gasteiger partial charge on any atom is 0.0904 e. The van der Waals surface area contributed by atoms with E-state index in [2.05, 4.69) is 26.5 Å². The molecule has 96 valence electrons. The van der Waals surface area contributed by atoms with Gasteiger partial charge >= 0.3 is 0 Å². The van der Waals surface area contributed by atoms with E-state index >= 15 is 0 Å². The van der Waals surface area contributed by atoms with Crippen molar-refractivity contribution < 1.29 is 4.74 Å². The molecule has 17 heavy (non-hydrogen) atoms. The van der Waals surface area contributed by atoms with E-state index in [0.717, 1.165) is 10.2 Å². The third-order valence-electron chi connectivity index (χ3n) is 3.19. The molecule has 1 aliphatic rings. The number of rotatable bonds is 6. The summed E-state index contributed by atoms with van der Waals surface area (Å²) in [5.74, 6) is 6.32. The first-order chi connectivity index (χ1) is 8.19. The second-order valence-electron chi connectivity index (χ2n) is 4.40. The number of hydrazine groups is 1. The van der Waals surface area contributed by atoms with Gasteiger partial charge in [0, 0.05) is 13.7 Å². The van der Waals surface area contributed by atoms with Crippen LogP contribution < -0.4 is 11.3 Å². The Labute approximate surface area is 110 Å². The zero-order chi connectivity index (χ0) is 12.4. The molecule has 0 saturated heterocycles. The molecule has 0 radical (unpaired) electrons. The fourth-order valence-electron chi connectivity index (χ4n) is 2.22. The Morgan fingerprint density at radius 3 is 2.82 bits per heavy atom. The van der Waals surface area contributed by atoms with Crippen LogP contribution in [0.1, 0.15) is 31.5 Å². The van der Waals surface area contributed by atoms with Gasteiger partial charge in [-0.15, -0.1) is 0 Å². The van der Waals surface area contributed by atoms with Crippen molar-refractivity contribution in [3.63, 3.8) is 0 Å². The Morgan fingerprint density at radius 2 is 2.41 bits per heavy atom. The third kappa shape index (κ3) is 2.70. The molecule has 0 aromatic carbocycles. The summed E-state index contributed by atoms with van der Waals surface area (Å²) >= 11 is 3.51. The first-order valence-corrected chi connectivity index (χ1v) is 6.73. The summed E-state index contributed by atoms with van der Waals surface area (Å²) in [6.07, 6.45) is 4.35. The molecule has 2 unspecified atom stereocenters. The minimum Gasteiger partial charge on any atom is -0.376 e. The van der Waals surface area contributed by atoms with Crippen LogP contribution in [0.4, 0.5) is 0 Å². The van der Waals surface area contributed by atoms with Crippen molar-refractivity contribution >= 4 is 15.9 Å². The number of hydrogen-bond donors (Lipinski definition) is 2. The highest BCUT2D eigenvalue weighted by molar-refractivity contribution is 9.10. The Morgan fingerprint density at radius 1 is 1.71 bits per heavy atom. The van der Waals surface area contributed by atoms with Crippen LogP contribution in [-0.2, 0) is 11.8 Å². The van der Waals surface area contributed by atoms with Gasteiger partial charge in [-0.3, -0.25) is 10.5 Å². The molecule has 2 atom stereocenters. The number of nitrogens with zero attached hydrogens (tertiary/aromatic N) is 2. The monoisotopic (exact) mass is 302 g/mol. The lowest BCUT2D eigenvalue weighted by Crippen LogP contribution is -2.40. The average molecular weight is 303 g/mol. The first kappa shape index (κ1) is 13.0. The van der Waals surface area contributed by atoms with Gasteiger partial charge in [0.1, 0.15) is 0 Å². The molecule has 6 heteroatoms. The topological polar surface area (TPSA) is 65.1 Å². The summed E-state index contributed by atoms with van der Waals surface area (Å²) in [4.78, 5) is 0. The van der Waals surface area contributed by atoms with Gasteiger partial charge in [-0.1, -0.05) is 0 Å². The first-order valence-electron chi connectivity index (χ1n) is 5.94. The summed E-state index contributed by atoms with van der Waals surface area (Å²) in [5, 5.41) is 4.23. The Kier molecular flexibility index (Phi) is 4.19. The molecule has 1 aromatic heterocycles. The van der Waals surface area contributed by atoms with Crippen LogP contribution in [0.25, 0.3) is 0 Å². The fourth-order valence-corrected chi connectivity index (χ4v) is 2.82. The zero-order valence-electron chi connectivity index (χ0n) is 10.2. The van der Waals surface area contributed by atoms with Gasteiger partial charge in [-0.2, -0.15) is 5.10 Å². The molecule has 5 nitrogen and oxygen atoms in total. The molecule has 0 amide bonds. The Hall–Kier alpha value is -0.430.